The largest absolute Gasteiger partial charge is 0.496 e. The lowest BCUT2D eigenvalue weighted by Crippen LogP contribution is -2.40. The molecule has 4 heterocycles. The summed E-state index contributed by atoms with van der Waals surface area (Å²) in [5.41, 5.74) is 0.346. The maximum atomic E-state index is 12.1. The molecule has 1 amide bonds. The molecule has 138 valence electrons. The van der Waals surface area contributed by atoms with Crippen molar-refractivity contribution in [3.63, 3.8) is 0 Å². The van der Waals surface area contributed by atoms with Crippen molar-refractivity contribution in [3.8, 4) is 0 Å². The molecule has 0 saturated carbocycles. The van der Waals surface area contributed by atoms with E-state index in [0.717, 1.165) is 11.6 Å². The maximum Gasteiger partial charge on any atom is 0.222 e. The number of pyridine rings is 1. The van der Waals surface area contributed by atoms with Crippen molar-refractivity contribution < 1.29 is 14.3 Å². The lowest BCUT2D eigenvalue weighted by molar-refractivity contribution is -0.135. The predicted molar refractivity (Wildman–Crippen MR) is 97.0 cm³/mol. The number of fused-ring (bicyclic) bond motifs is 3. The van der Waals surface area contributed by atoms with Gasteiger partial charge in [0.15, 0.2) is 5.69 Å². The number of nitrogens with zero attached hydrogens (tertiary/aromatic N) is 3. The number of aromatic nitrogens is 1. The first kappa shape index (κ1) is 16.8. The van der Waals surface area contributed by atoms with Gasteiger partial charge in [-0.2, -0.15) is 0 Å². The van der Waals surface area contributed by atoms with Gasteiger partial charge in [-0.1, -0.05) is 0 Å². The number of hydrogen-bond donors (Lipinski definition) is 1. The number of amides is 1. The quantitative estimate of drug-likeness (QED) is 0.788. The number of morpholine rings is 1. The van der Waals surface area contributed by atoms with Crippen LogP contribution in [0.5, 0.6) is 0 Å². The molecule has 8 heteroatoms. The fraction of sp³-hybridized carbons (Fsp3) is 0.500. The van der Waals surface area contributed by atoms with Crippen molar-refractivity contribution in [2.45, 2.75) is 18.9 Å². The Bertz CT molecular complexity index is 795. The minimum absolute atomic E-state index is 0.00877. The third-order valence-corrected chi connectivity index (χ3v) is 4.78. The second kappa shape index (κ2) is 7.33. The van der Waals surface area contributed by atoms with E-state index in [1.165, 1.54) is 6.07 Å². The Hall–Kier alpha value is -2.61. The van der Waals surface area contributed by atoms with Gasteiger partial charge in [0.25, 0.3) is 0 Å². The molecule has 0 aromatic carbocycles. The minimum Gasteiger partial charge on any atom is -0.496 e. The van der Waals surface area contributed by atoms with E-state index in [-0.39, 0.29) is 17.4 Å². The molecule has 8 nitrogen and oxygen atoms in total. The Morgan fingerprint density at radius 1 is 1.38 bits per heavy atom. The molecule has 0 radical (unpaired) electrons. The number of aromatic amines is 1. The van der Waals surface area contributed by atoms with Crippen molar-refractivity contribution in [1.82, 2.24) is 9.88 Å². The second-order valence-electron chi connectivity index (χ2n) is 6.51. The average molecular weight is 358 g/mol. The summed E-state index contributed by atoms with van der Waals surface area (Å²) in [6.45, 7) is 3.69. The summed E-state index contributed by atoms with van der Waals surface area (Å²) in [6, 6.07) is 1.47. The number of rotatable bonds is 5. The molecule has 4 rings (SSSR count). The van der Waals surface area contributed by atoms with E-state index < -0.39 is 0 Å². The van der Waals surface area contributed by atoms with Crippen LogP contribution in [0.15, 0.2) is 33.9 Å². The summed E-state index contributed by atoms with van der Waals surface area (Å²) in [5.74, 6) is 1.73. The first-order valence-corrected chi connectivity index (χ1v) is 8.94. The monoisotopic (exact) mass is 358 g/mol. The fourth-order valence-electron chi connectivity index (χ4n) is 3.40. The summed E-state index contributed by atoms with van der Waals surface area (Å²) in [7, 11) is 0. The molecule has 3 aliphatic heterocycles. The lowest BCUT2D eigenvalue weighted by Gasteiger charge is -2.27. The minimum atomic E-state index is -0.0931. The van der Waals surface area contributed by atoms with Crippen molar-refractivity contribution in [1.29, 1.82) is 0 Å². The van der Waals surface area contributed by atoms with Gasteiger partial charge in [-0.15, -0.1) is 0 Å². The smallest absolute Gasteiger partial charge is 0.222 e. The number of ether oxygens (including phenoxy) is 2. The number of nitrogens with one attached hydrogen (secondary N) is 1. The Morgan fingerprint density at radius 3 is 3.08 bits per heavy atom. The number of carbonyl (C=O) groups is 1. The van der Waals surface area contributed by atoms with Crippen LogP contribution in [0, 0.1) is 0 Å². The zero-order valence-electron chi connectivity index (χ0n) is 14.5. The molecule has 3 aliphatic rings. The molecule has 1 saturated heterocycles. The highest BCUT2D eigenvalue weighted by Crippen LogP contribution is 2.32. The first-order chi connectivity index (χ1) is 12.7. The van der Waals surface area contributed by atoms with Crippen molar-refractivity contribution >= 4 is 23.6 Å². The molecule has 1 atom stereocenters. The molecule has 0 spiro atoms. The van der Waals surface area contributed by atoms with Crippen LogP contribution in [0.4, 0.5) is 11.5 Å². The van der Waals surface area contributed by atoms with Gasteiger partial charge in [-0.05, 0) is 12.5 Å². The molecular weight excluding hydrogens is 336 g/mol. The van der Waals surface area contributed by atoms with E-state index in [9.17, 15) is 9.59 Å². The molecule has 1 aromatic rings. The van der Waals surface area contributed by atoms with Gasteiger partial charge in [0.05, 0.1) is 32.4 Å². The van der Waals surface area contributed by atoms with Gasteiger partial charge < -0.3 is 24.3 Å². The Balaban J connectivity index is 1.27. The van der Waals surface area contributed by atoms with Gasteiger partial charge in [0, 0.05) is 38.0 Å². The van der Waals surface area contributed by atoms with Crippen LogP contribution in [0.25, 0.3) is 0 Å². The second-order valence-corrected chi connectivity index (χ2v) is 6.51. The molecule has 0 bridgehead atoms. The summed E-state index contributed by atoms with van der Waals surface area (Å²) < 4.78 is 11.1. The van der Waals surface area contributed by atoms with Crippen LogP contribution in [0.2, 0.25) is 0 Å². The number of aliphatic imine (C=N–C) groups is 1. The van der Waals surface area contributed by atoms with E-state index in [1.54, 1.807) is 12.4 Å². The molecule has 1 unspecified atom stereocenters. The Morgan fingerprint density at radius 2 is 2.23 bits per heavy atom. The van der Waals surface area contributed by atoms with Gasteiger partial charge >= 0.3 is 0 Å². The fourth-order valence-corrected chi connectivity index (χ4v) is 3.40. The van der Waals surface area contributed by atoms with Crippen LogP contribution in [-0.2, 0) is 14.3 Å². The average Bonchev–Trinajstić information content (AvgIpc) is 3.09. The summed E-state index contributed by atoms with van der Waals surface area (Å²) >= 11 is 0. The van der Waals surface area contributed by atoms with Gasteiger partial charge in [0.2, 0.25) is 11.3 Å². The summed E-state index contributed by atoms with van der Waals surface area (Å²) in [4.78, 5) is 35.3. The standard InChI is InChI=1S/C18H22N4O4/c23-15-3-4-19-18-17(15)20-11-13-10-14(12-22(13)18)26-7-1-2-16(24)21-5-8-25-9-6-21/h3-4,10-11,13H,1-2,5-9,12H2,(H,19,23). The highest BCUT2D eigenvalue weighted by atomic mass is 16.5. The van der Waals surface area contributed by atoms with E-state index in [0.29, 0.717) is 58.0 Å². The first-order valence-electron chi connectivity index (χ1n) is 8.94. The summed E-state index contributed by atoms with van der Waals surface area (Å²) in [6.07, 6.45) is 6.56. The Kier molecular flexibility index (Phi) is 4.75. The van der Waals surface area contributed by atoms with E-state index in [1.807, 2.05) is 11.0 Å². The van der Waals surface area contributed by atoms with Crippen LogP contribution >= 0.6 is 0 Å². The normalized spacial score (nSPS) is 21.2. The predicted octanol–water partition coefficient (Wildman–Crippen LogP) is 0.819. The summed E-state index contributed by atoms with van der Waals surface area (Å²) in [5, 5.41) is 0. The molecular formula is C18H22N4O4. The molecule has 1 fully saturated rings. The zero-order valence-corrected chi connectivity index (χ0v) is 14.5. The third kappa shape index (κ3) is 3.37. The number of carbonyl (C=O) groups excluding carboxylic acids is 1. The third-order valence-electron chi connectivity index (χ3n) is 4.78. The highest BCUT2D eigenvalue weighted by Gasteiger charge is 2.30. The van der Waals surface area contributed by atoms with Gasteiger partial charge in [0.1, 0.15) is 11.6 Å². The van der Waals surface area contributed by atoms with Crippen LogP contribution in [0.1, 0.15) is 12.8 Å². The molecule has 0 aliphatic carbocycles. The van der Waals surface area contributed by atoms with Crippen LogP contribution in [0.3, 0.4) is 0 Å². The van der Waals surface area contributed by atoms with Gasteiger partial charge in [-0.25, -0.2) is 0 Å². The van der Waals surface area contributed by atoms with E-state index >= 15 is 0 Å². The van der Waals surface area contributed by atoms with E-state index in [4.69, 9.17) is 9.47 Å². The molecule has 1 N–H and O–H groups in total. The topological polar surface area (TPSA) is 87.2 Å². The van der Waals surface area contributed by atoms with Crippen molar-refractivity contribution in [2.75, 3.05) is 44.4 Å². The van der Waals surface area contributed by atoms with Crippen LogP contribution in [-0.4, -0.2) is 67.5 Å². The maximum absolute atomic E-state index is 12.1. The van der Waals surface area contributed by atoms with Crippen molar-refractivity contribution in [3.05, 3.63) is 34.3 Å². The zero-order chi connectivity index (χ0) is 17.9. The van der Waals surface area contributed by atoms with E-state index in [2.05, 4.69) is 14.9 Å². The highest BCUT2D eigenvalue weighted by molar-refractivity contribution is 5.85. The SMILES string of the molecule is O=C(CCCOC1=CC2C=Nc3c([nH]ccc3=O)N2C1)N1CCOCC1. The molecule has 26 heavy (non-hydrogen) atoms. The molecule has 1 aromatic heterocycles. The Labute approximate surface area is 151 Å². The van der Waals surface area contributed by atoms with Crippen LogP contribution < -0.4 is 10.3 Å². The number of H-pyrrole nitrogens is 1. The lowest BCUT2D eigenvalue weighted by atomic mass is 10.2. The van der Waals surface area contributed by atoms with Gasteiger partial charge in [-0.3, -0.25) is 14.6 Å². The number of hydrogen-bond acceptors (Lipinski definition) is 6. The number of anilines is 1. The van der Waals surface area contributed by atoms with Crippen molar-refractivity contribution in [2.24, 2.45) is 4.99 Å².